The molecule has 5 unspecified atom stereocenters. The van der Waals surface area contributed by atoms with Gasteiger partial charge in [0, 0.05) is 34.8 Å². The predicted molar refractivity (Wildman–Crippen MR) is 216 cm³/mol. The molecule has 0 bridgehead atoms. The summed E-state index contributed by atoms with van der Waals surface area (Å²) in [5.41, 5.74) is 10.9. The third-order valence-electron chi connectivity index (χ3n) is 11.9. The van der Waals surface area contributed by atoms with E-state index in [1.54, 1.807) is 0 Å². The summed E-state index contributed by atoms with van der Waals surface area (Å²) >= 11 is 0. The second kappa shape index (κ2) is 12.6. The van der Waals surface area contributed by atoms with Crippen LogP contribution in [0, 0.1) is 17.8 Å². The van der Waals surface area contributed by atoms with E-state index in [0.29, 0.717) is 29.6 Å². The monoisotopic (exact) mass is 655 g/mol. The van der Waals surface area contributed by atoms with Gasteiger partial charge in [-0.1, -0.05) is 158 Å². The molecule has 0 N–H and O–H groups in total. The molecule has 5 atom stereocenters. The molecule has 0 aliphatic heterocycles. The number of hydrogen-bond acceptors (Lipinski definition) is 1. The van der Waals surface area contributed by atoms with E-state index in [-0.39, 0.29) is 0 Å². The Balaban J connectivity index is 0.982. The van der Waals surface area contributed by atoms with Gasteiger partial charge in [0.2, 0.25) is 0 Å². The van der Waals surface area contributed by atoms with Crippen LogP contribution in [0.2, 0.25) is 0 Å². The van der Waals surface area contributed by atoms with Crippen LogP contribution in [0.3, 0.4) is 0 Å². The van der Waals surface area contributed by atoms with Crippen LogP contribution in [0.4, 0.5) is 5.69 Å². The van der Waals surface area contributed by atoms with Gasteiger partial charge in [0.15, 0.2) is 0 Å². The zero-order valence-electron chi connectivity index (χ0n) is 28.8. The van der Waals surface area contributed by atoms with Gasteiger partial charge in [0.05, 0.1) is 0 Å². The summed E-state index contributed by atoms with van der Waals surface area (Å²) in [5, 5.41) is 5.34. The Kier molecular flexibility index (Phi) is 7.45. The summed E-state index contributed by atoms with van der Waals surface area (Å²) < 4.78 is 0. The SMILES string of the molecule is C1=CC(c2ccccc2)CC(N(C2=CCC3C(=C2)C=CC2C=CC=CC23)c2ccc(C3C=Cc4c(ccc5ccc6ccccc6c45)C3)cc2)=C1. The third kappa shape index (κ3) is 5.40. The summed E-state index contributed by atoms with van der Waals surface area (Å²) in [6, 6.07) is 38.4. The summed E-state index contributed by atoms with van der Waals surface area (Å²) in [4.78, 5) is 2.53. The highest BCUT2D eigenvalue weighted by Crippen LogP contribution is 2.45. The van der Waals surface area contributed by atoms with E-state index in [4.69, 9.17) is 0 Å². The molecule has 1 heteroatoms. The Morgan fingerprint density at radius 1 is 0.588 bits per heavy atom. The van der Waals surface area contributed by atoms with E-state index in [1.807, 2.05) is 0 Å². The molecule has 5 aromatic carbocycles. The number of hydrogen-bond donors (Lipinski definition) is 0. The van der Waals surface area contributed by atoms with Crippen LogP contribution in [-0.4, -0.2) is 0 Å². The highest BCUT2D eigenvalue weighted by molar-refractivity contribution is 6.11. The Morgan fingerprint density at radius 2 is 1.37 bits per heavy atom. The van der Waals surface area contributed by atoms with E-state index in [2.05, 4.69) is 187 Å². The number of allylic oxidation sites excluding steroid dienone is 14. The second-order valence-corrected chi connectivity index (χ2v) is 14.8. The molecule has 0 radical (unpaired) electrons. The molecule has 51 heavy (non-hydrogen) atoms. The lowest BCUT2D eigenvalue weighted by molar-refractivity contribution is 0.389. The number of benzene rings is 5. The Hall–Kier alpha value is -5.66. The highest BCUT2D eigenvalue weighted by atomic mass is 15.2. The molecule has 5 aliphatic rings. The maximum Gasteiger partial charge on any atom is 0.0458 e. The molecule has 0 heterocycles. The zero-order chi connectivity index (χ0) is 33.7. The highest BCUT2D eigenvalue weighted by Gasteiger charge is 2.33. The molecular formula is C50H41N. The van der Waals surface area contributed by atoms with Gasteiger partial charge >= 0.3 is 0 Å². The molecular weight excluding hydrogens is 615 g/mol. The molecule has 0 saturated carbocycles. The van der Waals surface area contributed by atoms with Gasteiger partial charge in [0.1, 0.15) is 0 Å². The number of anilines is 1. The Labute approximate surface area is 301 Å². The summed E-state index contributed by atoms with van der Waals surface area (Å²) in [6.45, 7) is 0. The summed E-state index contributed by atoms with van der Waals surface area (Å²) in [7, 11) is 0. The van der Waals surface area contributed by atoms with Crippen molar-refractivity contribution >= 4 is 33.3 Å². The molecule has 10 rings (SSSR count). The molecule has 0 amide bonds. The van der Waals surface area contributed by atoms with Crippen molar-refractivity contribution in [3.63, 3.8) is 0 Å². The Morgan fingerprint density at radius 3 is 2.29 bits per heavy atom. The molecule has 0 aromatic heterocycles. The normalized spacial score (nSPS) is 24.4. The minimum absolute atomic E-state index is 0.349. The van der Waals surface area contributed by atoms with Gasteiger partial charge in [-0.25, -0.2) is 0 Å². The van der Waals surface area contributed by atoms with Crippen LogP contribution in [0.25, 0.3) is 27.6 Å². The van der Waals surface area contributed by atoms with Crippen LogP contribution in [-0.2, 0) is 6.42 Å². The van der Waals surface area contributed by atoms with E-state index < -0.39 is 0 Å². The molecule has 5 aliphatic carbocycles. The zero-order valence-corrected chi connectivity index (χ0v) is 28.8. The predicted octanol–water partition coefficient (Wildman–Crippen LogP) is 12.5. The van der Waals surface area contributed by atoms with Crippen LogP contribution in [0.1, 0.15) is 46.9 Å². The second-order valence-electron chi connectivity index (χ2n) is 14.8. The lowest BCUT2D eigenvalue weighted by Gasteiger charge is -2.39. The van der Waals surface area contributed by atoms with Gasteiger partial charge in [-0.2, -0.15) is 0 Å². The molecule has 0 spiro atoms. The molecule has 246 valence electrons. The quantitative estimate of drug-likeness (QED) is 0.170. The van der Waals surface area contributed by atoms with Crippen molar-refractivity contribution in [2.24, 2.45) is 17.8 Å². The van der Waals surface area contributed by atoms with Crippen molar-refractivity contribution in [2.75, 3.05) is 4.90 Å². The average molecular weight is 656 g/mol. The molecule has 0 fully saturated rings. The van der Waals surface area contributed by atoms with Crippen LogP contribution in [0.5, 0.6) is 0 Å². The first kappa shape index (κ1) is 30.2. The van der Waals surface area contributed by atoms with Crippen molar-refractivity contribution in [3.05, 3.63) is 215 Å². The largest absolute Gasteiger partial charge is 0.315 e. The van der Waals surface area contributed by atoms with Crippen LogP contribution in [0.15, 0.2) is 193 Å². The van der Waals surface area contributed by atoms with Gasteiger partial charge in [0.25, 0.3) is 0 Å². The first-order chi connectivity index (χ1) is 25.3. The van der Waals surface area contributed by atoms with Gasteiger partial charge < -0.3 is 4.90 Å². The van der Waals surface area contributed by atoms with Gasteiger partial charge in [-0.15, -0.1) is 0 Å². The molecule has 1 nitrogen and oxygen atoms in total. The lowest BCUT2D eigenvalue weighted by atomic mass is 9.69. The Bertz CT molecular complexity index is 2410. The van der Waals surface area contributed by atoms with E-state index >= 15 is 0 Å². The molecule has 0 saturated heterocycles. The minimum Gasteiger partial charge on any atom is -0.315 e. The molecule has 5 aromatic rings. The standard InChI is InChI=1S/C50H41N/c1-2-9-34(10-3-1)39-13-8-14-44(32-39)51(45-28-30-47-42(33-45)21-18-36-11-4-6-15-46(36)47)43-26-23-35(24-27-43)40-25-29-49-41(31-40)22-20-38-19-17-37-12-5-7-16-48(37)50(38)49/h1-29,33,36,39-40,46-47H,30-32H2. The number of fused-ring (bicyclic) bond motifs is 8. The number of rotatable bonds is 5. The van der Waals surface area contributed by atoms with E-state index in [1.165, 1.54) is 66.5 Å². The van der Waals surface area contributed by atoms with Crippen molar-refractivity contribution in [3.8, 4) is 0 Å². The summed E-state index contributed by atoms with van der Waals surface area (Å²) in [6.07, 6.45) is 33.8. The fraction of sp³-hybridized carbons (Fsp3) is 0.160. The first-order valence-electron chi connectivity index (χ1n) is 18.7. The fourth-order valence-corrected chi connectivity index (χ4v) is 9.28. The number of nitrogens with zero attached hydrogens (tertiary/aromatic N) is 1. The van der Waals surface area contributed by atoms with Gasteiger partial charge in [-0.3, -0.25) is 0 Å². The van der Waals surface area contributed by atoms with E-state index in [9.17, 15) is 0 Å². The summed E-state index contributed by atoms with van der Waals surface area (Å²) in [5.74, 6) is 2.28. The smallest absolute Gasteiger partial charge is 0.0458 e. The minimum atomic E-state index is 0.349. The van der Waals surface area contributed by atoms with Crippen LogP contribution >= 0.6 is 0 Å². The fourth-order valence-electron chi connectivity index (χ4n) is 9.28. The van der Waals surface area contributed by atoms with Gasteiger partial charge in [-0.05, 0) is 105 Å². The van der Waals surface area contributed by atoms with Crippen molar-refractivity contribution in [1.29, 1.82) is 0 Å². The van der Waals surface area contributed by atoms with Crippen molar-refractivity contribution in [2.45, 2.75) is 31.1 Å². The van der Waals surface area contributed by atoms with E-state index in [0.717, 1.165) is 19.3 Å². The lowest BCUT2D eigenvalue weighted by Crippen LogP contribution is -2.30. The first-order valence-corrected chi connectivity index (χ1v) is 18.7. The van der Waals surface area contributed by atoms with Crippen molar-refractivity contribution < 1.29 is 0 Å². The maximum absolute atomic E-state index is 2.53. The topological polar surface area (TPSA) is 3.24 Å². The maximum atomic E-state index is 2.53. The average Bonchev–Trinajstić information content (AvgIpc) is 3.21. The van der Waals surface area contributed by atoms with Crippen molar-refractivity contribution in [1.82, 2.24) is 0 Å². The third-order valence-corrected chi connectivity index (χ3v) is 11.9. The van der Waals surface area contributed by atoms with Crippen LogP contribution < -0.4 is 4.90 Å².